The molecule has 3 atom stereocenters. The zero-order valence-electron chi connectivity index (χ0n) is 12.9. The second-order valence-corrected chi connectivity index (χ2v) is 6.00. The number of allylic oxidation sites excluding steroid dienone is 1. The number of Topliss-reactive ketones (excluding diaryl/α,β-unsaturated/α-hetero) is 1. The molecule has 1 unspecified atom stereocenters. The molecule has 0 bridgehead atoms. The summed E-state index contributed by atoms with van der Waals surface area (Å²) >= 11 is 0. The van der Waals surface area contributed by atoms with Crippen LogP contribution in [-0.2, 0) is 0 Å². The first kappa shape index (κ1) is 14.7. The summed E-state index contributed by atoms with van der Waals surface area (Å²) in [6, 6.07) is 0.0436. The molecule has 1 aliphatic carbocycles. The Morgan fingerprint density at radius 2 is 2.14 bits per heavy atom. The predicted molar refractivity (Wildman–Crippen MR) is 84.5 cm³/mol. The van der Waals surface area contributed by atoms with Crippen LogP contribution in [0.25, 0.3) is 11.0 Å². The van der Waals surface area contributed by atoms with Crippen molar-refractivity contribution in [2.45, 2.75) is 26.8 Å². The van der Waals surface area contributed by atoms with E-state index in [4.69, 9.17) is 5.73 Å². The molecule has 2 aromatic rings. The number of aliphatic hydroxyl groups excluding tert-OH is 1. The largest absolute Gasteiger partial charge is 0.392 e. The third-order valence-electron chi connectivity index (χ3n) is 4.82. The number of nitrogen functional groups attached to an aromatic ring is 1. The van der Waals surface area contributed by atoms with Crippen LogP contribution in [0.5, 0.6) is 0 Å². The summed E-state index contributed by atoms with van der Waals surface area (Å²) in [6.45, 7) is 5.81. The lowest BCUT2D eigenvalue weighted by atomic mass is 9.93. The van der Waals surface area contributed by atoms with E-state index in [2.05, 4.69) is 29.9 Å². The van der Waals surface area contributed by atoms with Gasteiger partial charge in [-0.15, -0.1) is 0 Å². The van der Waals surface area contributed by atoms with Crippen LogP contribution in [0.4, 0.5) is 5.82 Å². The van der Waals surface area contributed by atoms with Gasteiger partial charge in [0.25, 0.3) is 0 Å². The molecule has 2 heterocycles. The van der Waals surface area contributed by atoms with Gasteiger partial charge in [-0.05, 0) is 24.3 Å². The fraction of sp³-hybridized carbons (Fsp3) is 0.438. The van der Waals surface area contributed by atoms with E-state index in [0.29, 0.717) is 28.3 Å². The smallest absolute Gasteiger partial charge is 0.162 e. The number of nitrogens with zero attached hydrogens (tertiary/aromatic N) is 3. The first-order chi connectivity index (χ1) is 10.5. The Balaban J connectivity index is 2.23. The van der Waals surface area contributed by atoms with Gasteiger partial charge >= 0.3 is 0 Å². The van der Waals surface area contributed by atoms with E-state index in [0.717, 1.165) is 5.57 Å². The van der Waals surface area contributed by atoms with Crippen LogP contribution in [0.3, 0.4) is 0 Å². The van der Waals surface area contributed by atoms with Crippen LogP contribution in [0, 0.1) is 11.8 Å². The van der Waals surface area contributed by atoms with Crippen molar-refractivity contribution >= 4 is 22.6 Å². The molecule has 2 aromatic heterocycles. The number of rotatable bonds is 3. The second-order valence-electron chi connectivity index (χ2n) is 6.00. The number of hydrogen-bond acceptors (Lipinski definition) is 5. The van der Waals surface area contributed by atoms with Gasteiger partial charge in [-0.3, -0.25) is 4.79 Å². The molecule has 22 heavy (non-hydrogen) atoms. The van der Waals surface area contributed by atoms with Crippen LogP contribution < -0.4 is 5.73 Å². The molecule has 0 radical (unpaired) electrons. The third kappa shape index (κ3) is 2.02. The molecule has 0 aliphatic heterocycles. The normalized spacial score (nSPS) is 24.7. The van der Waals surface area contributed by atoms with E-state index < -0.39 is 0 Å². The van der Waals surface area contributed by atoms with E-state index >= 15 is 0 Å². The minimum absolute atomic E-state index is 0.0436. The first-order valence-corrected chi connectivity index (χ1v) is 7.39. The lowest BCUT2D eigenvalue weighted by Gasteiger charge is -2.21. The Kier molecular flexibility index (Phi) is 3.48. The molecule has 116 valence electrons. The summed E-state index contributed by atoms with van der Waals surface area (Å²) in [4.78, 5) is 20.3. The number of hydrogen-bond donors (Lipinski definition) is 2. The van der Waals surface area contributed by atoms with Gasteiger partial charge in [0.15, 0.2) is 5.78 Å². The standard InChI is InChI=1S/C16H20N4O2/c1-8-9(2)13(4-11(8)6-21)20-5-12(10(3)22)14-15(17)18-7-19-16(14)20/h4-5,7-9,13,21H,6H2,1-3H3,(H2,17,18,19)/t8-,9?,13-/m1/s1. The second kappa shape index (κ2) is 5.21. The van der Waals surface area contributed by atoms with Gasteiger partial charge in [0.2, 0.25) is 0 Å². The Labute approximate surface area is 128 Å². The molecule has 0 amide bonds. The lowest BCUT2D eigenvalue weighted by molar-refractivity contribution is 0.101. The number of carbonyl (C=O) groups excluding carboxylic acids is 1. The van der Waals surface area contributed by atoms with E-state index in [9.17, 15) is 9.90 Å². The molecule has 0 spiro atoms. The minimum Gasteiger partial charge on any atom is -0.392 e. The molecule has 0 saturated carbocycles. The molecule has 3 N–H and O–H groups in total. The third-order valence-corrected chi connectivity index (χ3v) is 4.82. The van der Waals surface area contributed by atoms with Crippen LogP contribution in [0.1, 0.15) is 37.2 Å². The van der Waals surface area contributed by atoms with Gasteiger partial charge < -0.3 is 15.4 Å². The number of nitrogens with two attached hydrogens (primary N) is 1. The zero-order valence-corrected chi connectivity index (χ0v) is 12.9. The van der Waals surface area contributed by atoms with Gasteiger partial charge in [-0.2, -0.15) is 0 Å². The lowest BCUT2D eigenvalue weighted by Crippen LogP contribution is -2.16. The Bertz CT molecular complexity index is 778. The molecule has 0 fully saturated rings. The molecule has 1 aliphatic rings. The van der Waals surface area contributed by atoms with E-state index in [1.54, 1.807) is 0 Å². The van der Waals surface area contributed by atoms with Crippen molar-refractivity contribution in [2.24, 2.45) is 11.8 Å². The van der Waals surface area contributed by atoms with Crippen molar-refractivity contribution in [3.63, 3.8) is 0 Å². The van der Waals surface area contributed by atoms with E-state index in [1.165, 1.54) is 13.3 Å². The van der Waals surface area contributed by atoms with Gasteiger partial charge in [0, 0.05) is 11.8 Å². The zero-order chi connectivity index (χ0) is 16.0. The molecule has 0 aromatic carbocycles. The summed E-state index contributed by atoms with van der Waals surface area (Å²) in [5.74, 6) is 0.843. The quantitative estimate of drug-likeness (QED) is 0.667. The number of aliphatic hydroxyl groups is 1. The maximum absolute atomic E-state index is 11.9. The predicted octanol–water partition coefficient (Wildman–Crippen LogP) is 1.96. The van der Waals surface area contributed by atoms with Gasteiger partial charge in [-0.25, -0.2) is 9.97 Å². The molecule has 3 rings (SSSR count). The molecular weight excluding hydrogens is 280 g/mol. The fourth-order valence-electron chi connectivity index (χ4n) is 3.29. The van der Waals surface area contributed by atoms with Gasteiger partial charge in [-0.1, -0.05) is 19.9 Å². The van der Waals surface area contributed by atoms with Crippen molar-refractivity contribution in [3.8, 4) is 0 Å². The Hall–Kier alpha value is -2.21. The topological polar surface area (TPSA) is 94.0 Å². The highest BCUT2D eigenvalue weighted by molar-refractivity contribution is 6.09. The van der Waals surface area contributed by atoms with E-state index in [1.807, 2.05) is 10.8 Å². The van der Waals surface area contributed by atoms with Gasteiger partial charge in [0.05, 0.1) is 18.0 Å². The fourth-order valence-corrected chi connectivity index (χ4v) is 3.29. The average molecular weight is 300 g/mol. The molecule has 0 saturated heterocycles. The number of fused-ring (bicyclic) bond motifs is 1. The molecule has 6 heteroatoms. The van der Waals surface area contributed by atoms with Crippen molar-refractivity contribution in [1.29, 1.82) is 0 Å². The number of anilines is 1. The number of carbonyl (C=O) groups is 1. The van der Waals surface area contributed by atoms with Gasteiger partial charge in [0.1, 0.15) is 17.8 Å². The first-order valence-electron chi connectivity index (χ1n) is 7.39. The van der Waals surface area contributed by atoms with Crippen LogP contribution in [0.2, 0.25) is 0 Å². The van der Waals surface area contributed by atoms with Crippen LogP contribution >= 0.6 is 0 Å². The SMILES string of the molecule is CC(=O)c1cn([C@@H]2C=C(CO)[C@H](C)C2C)c2ncnc(N)c12. The summed E-state index contributed by atoms with van der Waals surface area (Å²) < 4.78 is 1.98. The van der Waals surface area contributed by atoms with Crippen molar-refractivity contribution in [1.82, 2.24) is 14.5 Å². The number of aromatic nitrogens is 3. The van der Waals surface area contributed by atoms with Crippen molar-refractivity contribution in [2.75, 3.05) is 12.3 Å². The van der Waals surface area contributed by atoms with Crippen molar-refractivity contribution in [3.05, 3.63) is 29.7 Å². The Morgan fingerprint density at radius 3 is 2.73 bits per heavy atom. The summed E-state index contributed by atoms with van der Waals surface area (Å²) in [5.41, 5.74) is 8.17. The maximum atomic E-state index is 11.9. The number of ketones is 1. The summed E-state index contributed by atoms with van der Waals surface area (Å²) in [5, 5.41) is 10.1. The van der Waals surface area contributed by atoms with E-state index in [-0.39, 0.29) is 24.3 Å². The average Bonchev–Trinajstić information content (AvgIpc) is 3.00. The highest BCUT2D eigenvalue weighted by atomic mass is 16.3. The van der Waals surface area contributed by atoms with Crippen LogP contribution in [0.15, 0.2) is 24.2 Å². The minimum atomic E-state index is -0.0599. The summed E-state index contributed by atoms with van der Waals surface area (Å²) in [7, 11) is 0. The molecule has 6 nitrogen and oxygen atoms in total. The highest BCUT2D eigenvalue weighted by Crippen LogP contribution is 2.41. The highest BCUT2D eigenvalue weighted by Gasteiger charge is 2.33. The monoisotopic (exact) mass is 300 g/mol. The Morgan fingerprint density at radius 1 is 1.41 bits per heavy atom. The van der Waals surface area contributed by atoms with Crippen molar-refractivity contribution < 1.29 is 9.90 Å². The summed E-state index contributed by atoms with van der Waals surface area (Å²) in [6.07, 6.45) is 5.29. The maximum Gasteiger partial charge on any atom is 0.162 e. The molecular formula is C16H20N4O2. The van der Waals surface area contributed by atoms with Crippen LogP contribution in [-0.4, -0.2) is 32.0 Å².